The summed E-state index contributed by atoms with van der Waals surface area (Å²) in [5.74, 6) is -2.41. The van der Waals surface area contributed by atoms with Gasteiger partial charge in [0.25, 0.3) is 5.91 Å². The number of nitrogens with one attached hydrogen (secondary N) is 4. The normalized spacial score (nSPS) is 18.3. The Bertz CT molecular complexity index is 1530. The molecule has 5 amide bonds. The van der Waals surface area contributed by atoms with Crippen LogP contribution in [0.15, 0.2) is 53.1 Å². The number of carbonyl (C=O) groups is 5. The Labute approximate surface area is 248 Å². The number of rotatable bonds is 13. The van der Waals surface area contributed by atoms with Crippen molar-refractivity contribution in [3.8, 4) is 0 Å². The Hall–Kier alpha value is -4.74. The van der Waals surface area contributed by atoms with Crippen LogP contribution in [0, 0.1) is 18.8 Å². The molecule has 2 aromatic carbocycles. The summed E-state index contributed by atoms with van der Waals surface area (Å²) in [5.41, 5.74) is 6.44. The highest BCUT2D eigenvalue weighted by Gasteiger charge is 2.36. The smallest absolute Gasteiger partial charge is 0.274 e. The summed E-state index contributed by atoms with van der Waals surface area (Å²) in [6.45, 7) is 2.16. The number of fused-ring (bicyclic) bond motifs is 1. The first-order chi connectivity index (χ1) is 20.7. The Morgan fingerprint density at radius 1 is 0.953 bits per heavy atom. The van der Waals surface area contributed by atoms with Crippen molar-refractivity contribution in [1.29, 1.82) is 0 Å². The van der Waals surface area contributed by atoms with Crippen LogP contribution >= 0.6 is 0 Å². The maximum atomic E-state index is 13.8. The van der Waals surface area contributed by atoms with E-state index in [1.807, 2.05) is 42.5 Å². The van der Waals surface area contributed by atoms with E-state index < -0.39 is 47.7 Å². The fourth-order valence-corrected chi connectivity index (χ4v) is 5.47. The third-order valence-corrected chi connectivity index (χ3v) is 8.03. The first kappa shape index (κ1) is 29.7. The first-order valence-electron chi connectivity index (χ1n) is 14.6. The Morgan fingerprint density at radius 3 is 2.35 bits per heavy atom. The predicted octanol–water partition coefficient (Wildman–Crippen LogP) is 1.26. The Kier molecular flexibility index (Phi) is 9.03. The second-order valence-electron chi connectivity index (χ2n) is 11.4. The second kappa shape index (κ2) is 13.1. The van der Waals surface area contributed by atoms with Crippen LogP contribution in [0.25, 0.3) is 10.8 Å². The molecule has 1 aromatic heterocycles. The minimum absolute atomic E-state index is 0.0285. The van der Waals surface area contributed by atoms with E-state index in [9.17, 15) is 24.0 Å². The molecule has 2 heterocycles. The van der Waals surface area contributed by atoms with E-state index in [1.165, 1.54) is 6.07 Å². The average Bonchev–Trinajstić information content (AvgIpc) is 3.55. The van der Waals surface area contributed by atoms with Gasteiger partial charge in [-0.05, 0) is 48.4 Å². The molecule has 0 bridgehead atoms. The zero-order valence-corrected chi connectivity index (χ0v) is 23.9. The van der Waals surface area contributed by atoms with Crippen molar-refractivity contribution in [3.05, 3.63) is 65.5 Å². The van der Waals surface area contributed by atoms with Crippen molar-refractivity contribution >= 4 is 40.3 Å². The van der Waals surface area contributed by atoms with E-state index in [4.69, 9.17) is 10.3 Å². The molecule has 3 aromatic rings. The van der Waals surface area contributed by atoms with E-state index in [-0.39, 0.29) is 30.4 Å². The topological polar surface area (TPSA) is 186 Å². The molecule has 1 saturated carbocycles. The summed E-state index contributed by atoms with van der Waals surface area (Å²) in [7, 11) is 0. The van der Waals surface area contributed by atoms with Crippen LogP contribution in [-0.4, -0.2) is 59.4 Å². The van der Waals surface area contributed by atoms with Crippen LogP contribution < -0.4 is 27.0 Å². The number of hydrogen-bond acceptors (Lipinski definition) is 7. The molecule has 5 rings (SSSR count). The largest absolute Gasteiger partial charge is 0.368 e. The summed E-state index contributed by atoms with van der Waals surface area (Å²) in [4.78, 5) is 64.6. The highest BCUT2D eigenvalue weighted by atomic mass is 16.5. The molecule has 0 unspecified atom stereocenters. The van der Waals surface area contributed by atoms with Crippen LogP contribution in [0.1, 0.15) is 53.9 Å². The number of carbonyl (C=O) groups excluding carboxylic acids is 5. The molecule has 6 N–H and O–H groups in total. The molecule has 2 fully saturated rings. The SMILES string of the molecule is Cc1cc(C(=O)N[C@@H](Cc2cccc3ccccc23)C(=O)N[C@@H](CC2CC2)C(=O)N[C@@H](C[C@@H]2CCNC2=O)C(N)=O)no1. The first-order valence-corrected chi connectivity index (χ1v) is 14.6. The van der Waals surface area contributed by atoms with Gasteiger partial charge in [0, 0.05) is 24.9 Å². The van der Waals surface area contributed by atoms with Gasteiger partial charge in [-0.2, -0.15) is 0 Å². The van der Waals surface area contributed by atoms with Crippen molar-refractivity contribution in [2.45, 2.75) is 63.6 Å². The summed E-state index contributed by atoms with van der Waals surface area (Å²) in [5, 5.41) is 16.6. The fraction of sp³-hybridized carbons (Fsp3) is 0.419. The summed E-state index contributed by atoms with van der Waals surface area (Å²) >= 11 is 0. The Balaban J connectivity index is 1.35. The van der Waals surface area contributed by atoms with Gasteiger partial charge in [0.2, 0.25) is 23.6 Å². The maximum absolute atomic E-state index is 13.8. The molecule has 1 aliphatic heterocycles. The molecule has 0 radical (unpaired) electrons. The third kappa shape index (κ3) is 7.56. The van der Waals surface area contributed by atoms with E-state index in [1.54, 1.807) is 6.92 Å². The van der Waals surface area contributed by atoms with Crippen LogP contribution in [-0.2, 0) is 25.6 Å². The molecule has 43 heavy (non-hydrogen) atoms. The van der Waals surface area contributed by atoms with Gasteiger partial charge in [0.15, 0.2) is 5.69 Å². The lowest BCUT2D eigenvalue weighted by atomic mass is 9.97. The number of amides is 5. The van der Waals surface area contributed by atoms with Crippen molar-refractivity contribution < 1.29 is 28.5 Å². The van der Waals surface area contributed by atoms with Gasteiger partial charge >= 0.3 is 0 Å². The van der Waals surface area contributed by atoms with Gasteiger partial charge < -0.3 is 31.5 Å². The van der Waals surface area contributed by atoms with E-state index >= 15 is 0 Å². The van der Waals surface area contributed by atoms with Gasteiger partial charge in [0.05, 0.1) is 0 Å². The number of nitrogens with zero attached hydrogens (tertiary/aromatic N) is 1. The van der Waals surface area contributed by atoms with Crippen molar-refractivity contribution in [2.75, 3.05) is 6.54 Å². The lowest BCUT2D eigenvalue weighted by molar-refractivity contribution is -0.132. The number of hydrogen-bond donors (Lipinski definition) is 5. The highest BCUT2D eigenvalue weighted by molar-refractivity contribution is 5.98. The number of aromatic nitrogens is 1. The third-order valence-electron chi connectivity index (χ3n) is 8.03. The maximum Gasteiger partial charge on any atom is 0.274 e. The number of nitrogens with two attached hydrogens (primary N) is 1. The molecule has 1 saturated heterocycles. The number of benzene rings is 2. The fourth-order valence-electron chi connectivity index (χ4n) is 5.47. The quantitative estimate of drug-likeness (QED) is 0.199. The highest BCUT2D eigenvalue weighted by Crippen LogP contribution is 2.33. The van der Waals surface area contributed by atoms with Gasteiger partial charge in [0.1, 0.15) is 23.9 Å². The number of primary amides is 1. The van der Waals surface area contributed by atoms with E-state index in [0.717, 1.165) is 29.2 Å². The molecule has 4 atom stereocenters. The molecule has 0 spiro atoms. The zero-order valence-electron chi connectivity index (χ0n) is 23.9. The van der Waals surface area contributed by atoms with Crippen molar-refractivity contribution in [3.63, 3.8) is 0 Å². The zero-order chi connectivity index (χ0) is 30.5. The van der Waals surface area contributed by atoms with Crippen LogP contribution in [0.4, 0.5) is 0 Å². The molecular weight excluding hydrogens is 552 g/mol. The van der Waals surface area contributed by atoms with E-state index in [0.29, 0.717) is 25.1 Å². The van der Waals surface area contributed by atoms with Gasteiger partial charge in [-0.3, -0.25) is 24.0 Å². The van der Waals surface area contributed by atoms with Crippen molar-refractivity contribution in [1.82, 2.24) is 26.4 Å². The Morgan fingerprint density at radius 2 is 1.67 bits per heavy atom. The lowest BCUT2D eigenvalue weighted by Crippen LogP contribution is -2.57. The summed E-state index contributed by atoms with van der Waals surface area (Å²) in [6.07, 6.45) is 2.97. The molecule has 2 aliphatic rings. The molecule has 1 aliphatic carbocycles. The molecule has 12 heteroatoms. The van der Waals surface area contributed by atoms with Crippen LogP contribution in [0.3, 0.4) is 0 Å². The second-order valence-corrected chi connectivity index (χ2v) is 11.4. The molecule has 12 nitrogen and oxygen atoms in total. The number of aryl methyl sites for hydroxylation is 1. The van der Waals surface area contributed by atoms with Crippen LogP contribution in [0.5, 0.6) is 0 Å². The minimum Gasteiger partial charge on any atom is -0.368 e. The van der Waals surface area contributed by atoms with Gasteiger partial charge in [-0.1, -0.05) is 60.5 Å². The molecule has 226 valence electrons. The predicted molar refractivity (Wildman–Crippen MR) is 156 cm³/mol. The lowest BCUT2D eigenvalue weighted by Gasteiger charge is -2.25. The standard InChI is InChI=1S/C31H36N6O6/c1-17-13-26(37-43-17)31(42)36-25(15-20-7-4-6-19-5-2-3-8-22(19)20)30(41)35-24(14-18-9-10-18)29(40)34-23(27(32)38)16-21-11-12-33-28(21)39/h2-8,13,18,21,23-25H,9-12,14-16H2,1H3,(H2,32,38)(H,33,39)(H,34,40)(H,35,41)(H,36,42)/t21-,23-,24-,25-/m0/s1. The summed E-state index contributed by atoms with van der Waals surface area (Å²) in [6, 6.07) is 11.8. The van der Waals surface area contributed by atoms with Gasteiger partial charge in [-0.15, -0.1) is 0 Å². The molecular formula is C31H36N6O6. The van der Waals surface area contributed by atoms with E-state index in [2.05, 4.69) is 26.4 Å². The van der Waals surface area contributed by atoms with Gasteiger partial charge in [-0.25, -0.2) is 0 Å². The van der Waals surface area contributed by atoms with Crippen molar-refractivity contribution in [2.24, 2.45) is 17.6 Å². The summed E-state index contributed by atoms with van der Waals surface area (Å²) < 4.78 is 5.03. The minimum atomic E-state index is -1.07. The average molecular weight is 589 g/mol. The monoisotopic (exact) mass is 588 g/mol. The van der Waals surface area contributed by atoms with Crippen LogP contribution in [0.2, 0.25) is 0 Å².